The molecule has 0 spiro atoms. The van der Waals surface area contributed by atoms with Gasteiger partial charge in [-0.1, -0.05) is 18.6 Å². The maximum atomic E-state index is 13.2. The summed E-state index contributed by atoms with van der Waals surface area (Å²) in [6, 6.07) is 6.43. The zero-order chi connectivity index (χ0) is 16.9. The van der Waals surface area contributed by atoms with E-state index in [2.05, 4.69) is 0 Å². The van der Waals surface area contributed by atoms with Crippen LogP contribution in [0.2, 0.25) is 0 Å². The van der Waals surface area contributed by atoms with Crippen molar-refractivity contribution in [2.24, 2.45) is 0 Å². The van der Waals surface area contributed by atoms with Crippen molar-refractivity contribution >= 4 is 11.8 Å². The number of halogens is 1. The van der Waals surface area contributed by atoms with E-state index in [0.29, 0.717) is 19.5 Å². The van der Waals surface area contributed by atoms with E-state index in [1.165, 1.54) is 12.1 Å². The van der Waals surface area contributed by atoms with Crippen LogP contribution in [0, 0.1) is 5.82 Å². The first-order valence-electron chi connectivity index (χ1n) is 8.98. The number of carbonyl (C=O) groups is 2. The summed E-state index contributed by atoms with van der Waals surface area (Å²) in [5.74, 6) is -0.155. The van der Waals surface area contributed by atoms with Crippen molar-refractivity contribution in [2.75, 3.05) is 19.6 Å². The fourth-order valence-electron chi connectivity index (χ4n) is 3.72. The van der Waals surface area contributed by atoms with Gasteiger partial charge in [-0.25, -0.2) is 4.39 Å². The standard InChI is InChI=1S/C19H25FN2O2/c20-16-10-8-15(9-11-16)17-6-3-5-13-22(17)19(24)14-21-12-4-1-2-7-18(21)23/h8-11,17H,1-7,12-14H2/t17-/m1/s1. The molecule has 2 aliphatic heterocycles. The Morgan fingerprint density at radius 1 is 1.04 bits per heavy atom. The fourth-order valence-corrected chi connectivity index (χ4v) is 3.72. The van der Waals surface area contributed by atoms with Gasteiger partial charge in [-0.15, -0.1) is 0 Å². The molecule has 4 nitrogen and oxygen atoms in total. The summed E-state index contributed by atoms with van der Waals surface area (Å²) in [5, 5.41) is 0. The van der Waals surface area contributed by atoms with Gasteiger partial charge in [0.1, 0.15) is 5.82 Å². The molecule has 3 rings (SSSR count). The molecule has 2 amide bonds. The van der Waals surface area contributed by atoms with Gasteiger partial charge in [0.2, 0.25) is 11.8 Å². The van der Waals surface area contributed by atoms with Crippen molar-refractivity contribution in [1.82, 2.24) is 9.80 Å². The van der Waals surface area contributed by atoms with E-state index < -0.39 is 0 Å². The van der Waals surface area contributed by atoms with E-state index in [4.69, 9.17) is 0 Å². The Morgan fingerprint density at radius 3 is 2.58 bits per heavy atom. The maximum absolute atomic E-state index is 13.2. The fraction of sp³-hybridized carbons (Fsp3) is 0.579. The summed E-state index contributed by atoms with van der Waals surface area (Å²) < 4.78 is 13.2. The average molecular weight is 332 g/mol. The van der Waals surface area contributed by atoms with Crippen molar-refractivity contribution in [2.45, 2.75) is 51.0 Å². The van der Waals surface area contributed by atoms with Gasteiger partial charge >= 0.3 is 0 Å². The SMILES string of the molecule is O=C1CCCCCN1CC(=O)N1CCCC[C@@H]1c1ccc(F)cc1. The Bertz CT molecular complexity index is 588. The summed E-state index contributed by atoms with van der Waals surface area (Å²) in [7, 11) is 0. The predicted molar refractivity (Wildman–Crippen MR) is 89.8 cm³/mol. The van der Waals surface area contributed by atoms with Gasteiger partial charge in [0, 0.05) is 19.5 Å². The molecule has 5 heteroatoms. The smallest absolute Gasteiger partial charge is 0.242 e. The molecule has 1 aromatic rings. The first kappa shape index (κ1) is 16.9. The number of carbonyl (C=O) groups excluding carboxylic acids is 2. The lowest BCUT2D eigenvalue weighted by Gasteiger charge is -2.37. The summed E-state index contributed by atoms with van der Waals surface area (Å²) in [6.07, 6.45) is 6.44. The molecule has 130 valence electrons. The zero-order valence-electron chi connectivity index (χ0n) is 14.0. The molecule has 2 heterocycles. The van der Waals surface area contributed by atoms with Crippen molar-refractivity contribution in [3.8, 4) is 0 Å². The number of benzene rings is 1. The monoisotopic (exact) mass is 332 g/mol. The highest BCUT2D eigenvalue weighted by molar-refractivity contribution is 5.85. The molecule has 24 heavy (non-hydrogen) atoms. The van der Waals surface area contributed by atoms with Gasteiger partial charge in [-0.3, -0.25) is 9.59 Å². The number of rotatable bonds is 3. The molecule has 0 radical (unpaired) electrons. The van der Waals surface area contributed by atoms with Crippen LogP contribution < -0.4 is 0 Å². The van der Waals surface area contributed by atoms with Gasteiger partial charge in [0.15, 0.2) is 0 Å². The quantitative estimate of drug-likeness (QED) is 0.852. The third-order valence-electron chi connectivity index (χ3n) is 5.08. The molecule has 1 atom stereocenters. The molecule has 0 aliphatic carbocycles. The third kappa shape index (κ3) is 3.94. The van der Waals surface area contributed by atoms with Crippen molar-refractivity contribution < 1.29 is 14.0 Å². The summed E-state index contributed by atoms with van der Waals surface area (Å²) in [4.78, 5) is 28.6. The zero-order valence-corrected chi connectivity index (χ0v) is 14.0. The summed E-state index contributed by atoms with van der Waals surface area (Å²) in [6.45, 7) is 1.57. The molecule has 2 saturated heterocycles. The lowest BCUT2D eigenvalue weighted by molar-refractivity contribution is -0.142. The Morgan fingerprint density at radius 2 is 1.79 bits per heavy atom. The molecule has 2 aliphatic rings. The molecule has 0 aromatic heterocycles. The van der Waals surface area contributed by atoms with E-state index in [1.807, 2.05) is 4.90 Å². The van der Waals surface area contributed by atoms with E-state index in [1.54, 1.807) is 17.0 Å². The lowest BCUT2D eigenvalue weighted by Crippen LogP contribution is -2.45. The van der Waals surface area contributed by atoms with Gasteiger partial charge in [-0.2, -0.15) is 0 Å². The van der Waals surface area contributed by atoms with E-state index in [9.17, 15) is 14.0 Å². The Labute approximate surface area is 142 Å². The summed E-state index contributed by atoms with van der Waals surface area (Å²) >= 11 is 0. The number of nitrogens with zero attached hydrogens (tertiary/aromatic N) is 2. The highest BCUT2D eigenvalue weighted by Gasteiger charge is 2.30. The number of hydrogen-bond acceptors (Lipinski definition) is 2. The van der Waals surface area contributed by atoms with Crippen LogP contribution in [0.1, 0.15) is 56.6 Å². The van der Waals surface area contributed by atoms with E-state index in [0.717, 1.165) is 44.1 Å². The number of hydrogen-bond donors (Lipinski definition) is 0. The molecule has 0 N–H and O–H groups in total. The molecule has 2 fully saturated rings. The average Bonchev–Trinajstić information content (AvgIpc) is 2.80. The largest absolute Gasteiger partial charge is 0.334 e. The highest BCUT2D eigenvalue weighted by atomic mass is 19.1. The molecule has 1 aromatic carbocycles. The van der Waals surface area contributed by atoms with Crippen LogP contribution in [0.5, 0.6) is 0 Å². The normalized spacial score (nSPS) is 22.4. The molecule has 0 unspecified atom stereocenters. The molecular weight excluding hydrogens is 307 g/mol. The Hall–Kier alpha value is -1.91. The minimum Gasteiger partial charge on any atom is -0.334 e. The maximum Gasteiger partial charge on any atom is 0.242 e. The minimum atomic E-state index is -0.261. The Kier molecular flexibility index (Phi) is 5.48. The lowest BCUT2D eigenvalue weighted by atomic mass is 9.95. The van der Waals surface area contributed by atoms with Crippen LogP contribution >= 0.6 is 0 Å². The number of piperidine rings is 1. The Balaban J connectivity index is 1.71. The minimum absolute atomic E-state index is 0.00562. The van der Waals surface area contributed by atoms with Crippen LogP contribution in [0.15, 0.2) is 24.3 Å². The first-order chi connectivity index (χ1) is 11.6. The van der Waals surface area contributed by atoms with Crippen LogP contribution in [-0.4, -0.2) is 41.2 Å². The topological polar surface area (TPSA) is 40.6 Å². The first-order valence-corrected chi connectivity index (χ1v) is 8.98. The third-order valence-corrected chi connectivity index (χ3v) is 5.08. The van der Waals surface area contributed by atoms with E-state index >= 15 is 0 Å². The van der Waals surface area contributed by atoms with Crippen molar-refractivity contribution in [1.29, 1.82) is 0 Å². The second-order valence-corrected chi connectivity index (χ2v) is 6.78. The number of likely N-dealkylation sites (tertiary alicyclic amines) is 2. The summed E-state index contributed by atoms with van der Waals surface area (Å²) in [5.41, 5.74) is 0.978. The second kappa shape index (κ2) is 7.77. The van der Waals surface area contributed by atoms with Crippen molar-refractivity contribution in [3.63, 3.8) is 0 Å². The van der Waals surface area contributed by atoms with Crippen molar-refractivity contribution in [3.05, 3.63) is 35.6 Å². The molecule has 0 bridgehead atoms. The number of amides is 2. The molecular formula is C19H25FN2O2. The van der Waals surface area contributed by atoms with Crippen LogP contribution in [0.3, 0.4) is 0 Å². The van der Waals surface area contributed by atoms with E-state index in [-0.39, 0.29) is 30.2 Å². The van der Waals surface area contributed by atoms with Gasteiger partial charge in [-0.05, 0) is 49.8 Å². The predicted octanol–water partition coefficient (Wildman–Crippen LogP) is 3.28. The second-order valence-electron chi connectivity index (χ2n) is 6.78. The van der Waals surface area contributed by atoms with Gasteiger partial charge in [0.25, 0.3) is 0 Å². The highest BCUT2D eigenvalue weighted by Crippen LogP contribution is 2.31. The molecule has 0 saturated carbocycles. The van der Waals surface area contributed by atoms with Gasteiger partial charge < -0.3 is 9.80 Å². The van der Waals surface area contributed by atoms with Crippen LogP contribution in [0.25, 0.3) is 0 Å². The van der Waals surface area contributed by atoms with Gasteiger partial charge in [0.05, 0.1) is 12.6 Å². The van der Waals surface area contributed by atoms with Crippen LogP contribution in [-0.2, 0) is 9.59 Å². The van der Waals surface area contributed by atoms with Crippen LogP contribution in [0.4, 0.5) is 4.39 Å².